The maximum atomic E-state index is 13.5. The first-order valence-electron chi connectivity index (χ1n) is 10.1. The third-order valence-corrected chi connectivity index (χ3v) is 6.29. The number of oxazole rings is 1. The van der Waals surface area contributed by atoms with E-state index < -0.39 is 27.6 Å². The Bertz CT molecular complexity index is 1450. The minimum absolute atomic E-state index is 0.0444. The van der Waals surface area contributed by atoms with Crippen LogP contribution in [-0.2, 0) is 16.6 Å². The van der Waals surface area contributed by atoms with Gasteiger partial charge in [-0.2, -0.15) is 0 Å². The van der Waals surface area contributed by atoms with Gasteiger partial charge >= 0.3 is 0 Å². The molecule has 0 saturated heterocycles. The van der Waals surface area contributed by atoms with E-state index in [2.05, 4.69) is 15.0 Å². The summed E-state index contributed by atoms with van der Waals surface area (Å²) in [7, 11) is -4.07. The number of aromatic nitrogens is 1. The molecule has 0 aliphatic carbocycles. The number of sulfonamides is 1. The van der Waals surface area contributed by atoms with Crippen LogP contribution in [0.5, 0.6) is 0 Å². The highest BCUT2D eigenvalue weighted by molar-refractivity contribution is 7.92. The summed E-state index contributed by atoms with van der Waals surface area (Å²) < 4.78 is 60.2. The number of para-hydroxylation sites is 1. The van der Waals surface area contributed by atoms with Crippen molar-refractivity contribution in [3.8, 4) is 11.5 Å². The summed E-state index contributed by atoms with van der Waals surface area (Å²) in [5.74, 6) is -0.961. The maximum absolute atomic E-state index is 13.5. The fraction of sp³-hybridized carbons (Fsp3) is 0.0833. The molecule has 0 radical (unpaired) electrons. The van der Waals surface area contributed by atoms with E-state index >= 15 is 0 Å². The molecule has 0 atom stereocenters. The Balaban J connectivity index is 1.55. The smallest absolute Gasteiger partial charge is 0.262 e. The Hall–Kier alpha value is -4.05. The number of hydrogen-bond donors (Lipinski definition) is 2. The van der Waals surface area contributed by atoms with Gasteiger partial charge < -0.3 is 9.73 Å². The van der Waals surface area contributed by atoms with E-state index in [0.29, 0.717) is 22.6 Å². The van der Waals surface area contributed by atoms with E-state index in [1.54, 1.807) is 25.1 Å². The van der Waals surface area contributed by atoms with Crippen molar-refractivity contribution in [2.75, 3.05) is 4.72 Å². The zero-order chi connectivity index (χ0) is 24.3. The van der Waals surface area contributed by atoms with Gasteiger partial charge in [0, 0.05) is 5.56 Å². The molecule has 4 rings (SSSR count). The second-order valence-electron chi connectivity index (χ2n) is 7.32. The zero-order valence-electron chi connectivity index (χ0n) is 17.9. The summed E-state index contributed by atoms with van der Waals surface area (Å²) in [6.45, 7) is 1.71. The van der Waals surface area contributed by atoms with Gasteiger partial charge in [0.2, 0.25) is 5.89 Å². The maximum Gasteiger partial charge on any atom is 0.262 e. The van der Waals surface area contributed by atoms with Crippen LogP contribution in [0.25, 0.3) is 11.5 Å². The van der Waals surface area contributed by atoms with Gasteiger partial charge in [-0.15, -0.1) is 0 Å². The van der Waals surface area contributed by atoms with Gasteiger partial charge in [-0.25, -0.2) is 22.2 Å². The predicted octanol–water partition coefficient (Wildman–Crippen LogP) is 4.66. The predicted molar refractivity (Wildman–Crippen MR) is 121 cm³/mol. The molecule has 7 nitrogen and oxygen atoms in total. The van der Waals surface area contributed by atoms with E-state index in [9.17, 15) is 22.0 Å². The molecule has 3 aromatic carbocycles. The molecular formula is C24H19F2N3O4S. The van der Waals surface area contributed by atoms with Crippen LogP contribution in [0.1, 0.15) is 21.8 Å². The Morgan fingerprint density at radius 1 is 0.971 bits per heavy atom. The molecule has 1 amide bonds. The molecule has 0 spiro atoms. The molecule has 0 saturated carbocycles. The van der Waals surface area contributed by atoms with Crippen molar-refractivity contribution in [2.45, 2.75) is 18.4 Å². The number of aryl methyl sites for hydroxylation is 1. The molecule has 10 heteroatoms. The van der Waals surface area contributed by atoms with E-state index in [1.165, 1.54) is 42.5 Å². The van der Waals surface area contributed by atoms with E-state index in [0.717, 1.165) is 12.1 Å². The molecule has 1 heterocycles. The average molecular weight is 483 g/mol. The largest absolute Gasteiger partial charge is 0.441 e. The summed E-state index contributed by atoms with van der Waals surface area (Å²) in [5.41, 5.74) is 1.28. The molecule has 1 aromatic heterocycles. The lowest BCUT2D eigenvalue weighted by Gasteiger charge is -2.11. The number of hydrogen-bond acceptors (Lipinski definition) is 5. The fourth-order valence-electron chi connectivity index (χ4n) is 3.17. The standard InChI is InChI=1S/C24H19F2N3O4S/c1-15-22(14-27-23(30)16-9-11-17(25)12-10-16)28-24(33-15)20-7-2-3-8-21(20)29-34(31,32)19-6-4-5-18(26)13-19/h2-13,29H,14H2,1H3,(H,27,30). The van der Waals surface area contributed by atoms with Crippen molar-refractivity contribution in [3.05, 3.63) is 101 Å². The van der Waals surface area contributed by atoms with Crippen LogP contribution in [0.2, 0.25) is 0 Å². The highest BCUT2D eigenvalue weighted by Crippen LogP contribution is 2.30. The van der Waals surface area contributed by atoms with Gasteiger partial charge in [0.05, 0.1) is 22.7 Å². The summed E-state index contributed by atoms with van der Waals surface area (Å²) in [6.07, 6.45) is 0. The number of nitrogens with one attached hydrogen (secondary N) is 2. The lowest BCUT2D eigenvalue weighted by molar-refractivity contribution is 0.0950. The number of rotatable bonds is 7. The van der Waals surface area contributed by atoms with Crippen LogP contribution in [0.15, 0.2) is 82.1 Å². The second kappa shape index (κ2) is 9.44. The number of amides is 1. The topological polar surface area (TPSA) is 101 Å². The minimum atomic E-state index is -4.07. The Labute approximate surface area is 194 Å². The van der Waals surface area contributed by atoms with Crippen LogP contribution < -0.4 is 10.0 Å². The zero-order valence-corrected chi connectivity index (χ0v) is 18.7. The number of nitrogens with zero attached hydrogens (tertiary/aromatic N) is 1. The van der Waals surface area contributed by atoms with Crippen molar-refractivity contribution >= 4 is 21.6 Å². The molecule has 0 aliphatic heterocycles. The Morgan fingerprint density at radius 2 is 1.71 bits per heavy atom. The number of benzene rings is 3. The van der Waals surface area contributed by atoms with Crippen molar-refractivity contribution in [2.24, 2.45) is 0 Å². The number of carbonyl (C=O) groups is 1. The fourth-order valence-corrected chi connectivity index (χ4v) is 4.28. The van der Waals surface area contributed by atoms with Crippen LogP contribution in [0.3, 0.4) is 0 Å². The van der Waals surface area contributed by atoms with Crippen LogP contribution in [0, 0.1) is 18.6 Å². The van der Waals surface area contributed by atoms with Crippen molar-refractivity contribution in [3.63, 3.8) is 0 Å². The highest BCUT2D eigenvalue weighted by atomic mass is 32.2. The van der Waals surface area contributed by atoms with E-state index in [1.807, 2.05) is 0 Å². The third-order valence-electron chi connectivity index (χ3n) is 4.92. The van der Waals surface area contributed by atoms with Gasteiger partial charge in [0.15, 0.2) is 0 Å². The summed E-state index contributed by atoms with van der Waals surface area (Å²) in [5, 5.41) is 2.69. The molecule has 0 bridgehead atoms. The molecule has 0 aliphatic rings. The first kappa shape index (κ1) is 23.1. The Kier molecular flexibility index (Phi) is 6.42. The molecule has 0 unspecified atom stereocenters. The molecule has 4 aromatic rings. The molecular weight excluding hydrogens is 464 g/mol. The van der Waals surface area contributed by atoms with Crippen molar-refractivity contribution < 1.29 is 26.4 Å². The lowest BCUT2D eigenvalue weighted by Crippen LogP contribution is -2.23. The number of halogens is 2. The minimum Gasteiger partial charge on any atom is -0.441 e. The van der Waals surface area contributed by atoms with Gasteiger partial charge in [0.25, 0.3) is 15.9 Å². The normalized spacial score (nSPS) is 11.3. The molecule has 174 valence electrons. The average Bonchev–Trinajstić information content (AvgIpc) is 3.18. The monoisotopic (exact) mass is 483 g/mol. The Morgan fingerprint density at radius 3 is 2.44 bits per heavy atom. The first-order valence-corrected chi connectivity index (χ1v) is 11.6. The second-order valence-corrected chi connectivity index (χ2v) is 9.00. The first-order chi connectivity index (χ1) is 16.2. The van der Waals surface area contributed by atoms with E-state index in [-0.39, 0.29) is 23.0 Å². The quantitative estimate of drug-likeness (QED) is 0.398. The molecule has 0 fully saturated rings. The molecule has 34 heavy (non-hydrogen) atoms. The van der Waals surface area contributed by atoms with Crippen molar-refractivity contribution in [1.29, 1.82) is 0 Å². The summed E-state index contributed by atoms with van der Waals surface area (Å²) >= 11 is 0. The van der Waals surface area contributed by atoms with Crippen LogP contribution in [0.4, 0.5) is 14.5 Å². The SMILES string of the molecule is Cc1oc(-c2ccccc2NS(=O)(=O)c2cccc(F)c2)nc1CNC(=O)c1ccc(F)cc1. The van der Waals surface area contributed by atoms with Crippen molar-refractivity contribution in [1.82, 2.24) is 10.3 Å². The van der Waals surface area contributed by atoms with Gasteiger partial charge in [-0.3, -0.25) is 9.52 Å². The number of carbonyl (C=O) groups excluding carboxylic acids is 1. The van der Waals surface area contributed by atoms with E-state index in [4.69, 9.17) is 4.42 Å². The third kappa shape index (κ3) is 5.12. The molecule has 2 N–H and O–H groups in total. The van der Waals surface area contributed by atoms with Gasteiger partial charge in [-0.05, 0) is 61.5 Å². The number of anilines is 1. The highest BCUT2D eigenvalue weighted by Gasteiger charge is 2.20. The van der Waals surface area contributed by atoms with Crippen LogP contribution in [-0.4, -0.2) is 19.3 Å². The van der Waals surface area contributed by atoms with Crippen LogP contribution >= 0.6 is 0 Å². The van der Waals surface area contributed by atoms with Gasteiger partial charge in [-0.1, -0.05) is 18.2 Å². The summed E-state index contributed by atoms with van der Waals surface area (Å²) in [6, 6.07) is 16.2. The lowest BCUT2D eigenvalue weighted by atomic mass is 10.2. The van der Waals surface area contributed by atoms with Gasteiger partial charge in [0.1, 0.15) is 23.1 Å². The summed E-state index contributed by atoms with van der Waals surface area (Å²) in [4.78, 5) is 16.5.